The first-order valence-electron chi connectivity index (χ1n) is 6.70. The van der Waals surface area contributed by atoms with Crippen LogP contribution in [0.1, 0.15) is 40.5 Å². The quantitative estimate of drug-likeness (QED) is 0.567. The van der Waals surface area contributed by atoms with Gasteiger partial charge in [0.05, 0.1) is 12.2 Å². The summed E-state index contributed by atoms with van der Waals surface area (Å²) in [5.41, 5.74) is 0. The Morgan fingerprint density at radius 2 is 1.22 bits per heavy atom. The molecule has 5 nitrogen and oxygen atoms in total. The maximum atomic E-state index is 11.3. The van der Waals surface area contributed by atoms with E-state index >= 15 is 0 Å². The summed E-state index contributed by atoms with van der Waals surface area (Å²) in [5.74, 6) is 0. The molecule has 0 radical (unpaired) electrons. The molecule has 108 valence electrons. The van der Waals surface area contributed by atoms with Crippen LogP contribution >= 0.6 is 0 Å². The Bertz CT molecular complexity index is 188. The van der Waals surface area contributed by atoms with Gasteiger partial charge in [-0.3, -0.25) is 0 Å². The van der Waals surface area contributed by atoms with Gasteiger partial charge in [-0.1, -0.05) is 13.8 Å². The number of hydrogen-bond donors (Lipinski definition) is 0. The highest BCUT2D eigenvalue weighted by atomic mass is 16.7. The first kappa shape index (κ1) is 17.2. The van der Waals surface area contributed by atoms with Gasteiger partial charge < -0.3 is 18.9 Å². The first-order chi connectivity index (χ1) is 8.67. The van der Waals surface area contributed by atoms with E-state index in [-0.39, 0.29) is 25.4 Å². The van der Waals surface area contributed by atoms with Crippen LogP contribution in [0, 0.1) is 0 Å². The molecule has 0 saturated carbocycles. The van der Waals surface area contributed by atoms with Gasteiger partial charge in [0, 0.05) is 13.2 Å². The molecule has 18 heavy (non-hydrogen) atoms. The Morgan fingerprint density at radius 1 is 0.833 bits per heavy atom. The summed E-state index contributed by atoms with van der Waals surface area (Å²) in [4.78, 5) is 11.3. The summed E-state index contributed by atoms with van der Waals surface area (Å²) < 4.78 is 20.7. The molecule has 0 aromatic carbocycles. The van der Waals surface area contributed by atoms with Crippen LogP contribution in [-0.2, 0) is 18.9 Å². The van der Waals surface area contributed by atoms with Crippen molar-refractivity contribution >= 4 is 6.16 Å². The van der Waals surface area contributed by atoms with Crippen molar-refractivity contribution in [1.82, 2.24) is 0 Å². The zero-order chi connectivity index (χ0) is 13.8. The molecule has 0 aromatic rings. The summed E-state index contributed by atoms with van der Waals surface area (Å²) in [6.45, 7) is 9.47. The van der Waals surface area contributed by atoms with Crippen LogP contribution in [0.25, 0.3) is 0 Å². The van der Waals surface area contributed by atoms with Gasteiger partial charge >= 0.3 is 6.16 Å². The maximum absolute atomic E-state index is 11.3. The molecule has 0 aromatic heterocycles. The third-order valence-electron chi connectivity index (χ3n) is 2.49. The summed E-state index contributed by atoms with van der Waals surface area (Å²) >= 11 is 0. The predicted molar refractivity (Wildman–Crippen MR) is 68.7 cm³/mol. The zero-order valence-electron chi connectivity index (χ0n) is 11.9. The summed E-state index contributed by atoms with van der Waals surface area (Å²) in [6.07, 6.45) is 0.828. The molecule has 2 atom stereocenters. The number of rotatable bonds is 10. The summed E-state index contributed by atoms with van der Waals surface area (Å²) in [6, 6.07) is 0. The molecule has 0 bridgehead atoms. The van der Waals surface area contributed by atoms with E-state index in [1.807, 2.05) is 27.7 Å². The molecule has 0 heterocycles. The highest BCUT2D eigenvalue weighted by Gasteiger charge is 2.13. The van der Waals surface area contributed by atoms with Crippen molar-refractivity contribution in [3.63, 3.8) is 0 Å². The Hall–Kier alpha value is -0.810. The monoisotopic (exact) mass is 262 g/mol. The predicted octanol–water partition coefficient (Wildman–Crippen LogP) is 2.77. The SMILES string of the molecule is CCOC(CC)COC(=O)OCC(CC)OCC. The zero-order valence-corrected chi connectivity index (χ0v) is 11.9. The van der Waals surface area contributed by atoms with Gasteiger partial charge in [-0.2, -0.15) is 0 Å². The highest BCUT2D eigenvalue weighted by Crippen LogP contribution is 2.02. The van der Waals surface area contributed by atoms with Gasteiger partial charge in [0.25, 0.3) is 0 Å². The van der Waals surface area contributed by atoms with Crippen molar-refractivity contribution < 1.29 is 23.7 Å². The van der Waals surface area contributed by atoms with E-state index in [9.17, 15) is 4.79 Å². The van der Waals surface area contributed by atoms with E-state index in [0.717, 1.165) is 12.8 Å². The molecule has 0 rings (SSSR count). The standard InChI is InChI=1S/C13H26O5/c1-5-11(15-7-3)9-17-13(14)18-10-12(6-2)16-8-4/h11-12H,5-10H2,1-4H3. The maximum Gasteiger partial charge on any atom is 0.508 e. The molecule has 0 N–H and O–H groups in total. The van der Waals surface area contributed by atoms with Gasteiger partial charge in [-0.05, 0) is 26.7 Å². The van der Waals surface area contributed by atoms with Crippen molar-refractivity contribution in [3.05, 3.63) is 0 Å². The lowest BCUT2D eigenvalue weighted by atomic mass is 10.3. The molecular formula is C13H26O5. The van der Waals surface area contributed by atoms with Crippen molar-refractivity contribution in [1.29, 1.82) is 0 Å². The minimum absolute atomic E-state index is 0.0589. The van der Waals surface area contributed by atoms with Gasteiger partial charge in [0.2, 0.25) is 0 Å². The third-order valence-corrected chi connectivity index (χ3v) is 2.49. The molecule has 0 aliphatic rings. The van der Waals surface area contributed by atoms with Crippen LogP contribution in [0.3, 0.4) is 0 Å². The smallest absolute Gasteiger partial charge is 0.432 e. The van der Waals surface area contributed by atoms with Crippen LogP contribution in [-0.4, -0.2) is 44.8 Å². The van der Waals surface area contributed by atoms with Crippen molar-refractivity contribution in [3.8, 4) is 0 Å². The molecule has 2 unspecified atom stereocenters. The second-order valence-electron chi connectivity index (χ2n) is 3.84. The molecule has 0 saturated heterocycles. The number of carbonyl (C=O) groups is 1. The van der Waals surface area contributed by atoms with Crippen molar-refractivity contribution in [2.75, 3.05) is 26.4 Å². The van der Waals surface area contributed by atoms with E-state index in [1.54, 1.807) is 0 Å². The highest BCUT2D eigenvalue weighted by molar-refractivity contribution is 5.59. The molecule has 0 fully saturated rings. The van der Waals surface area contributed by atoms with Crippen LogP contribution in [0.5, 0.6) is 0 Å². The number of carbonyl (C=O) groups excluding carboxylic acids is 1. The largest absolute Gasteiger partial charge is 0.508 e. The fourth-order valence-electron chi connectivity index (χ4n) is 1.40. The Labute approximate surface area is 110 Å². The lowest BCUT2D eigenvalue weighted by Gasteiger charge is -2.17. The van der Waals surface area contributed by atoms with Crippen LogP contribution in [0.4, 0.5) is 4.79 Å². The second-order valence-corrected chi connectivity index (χ2v) is 3.84. The Balaban J connectivity index is 3.75. The molecule has 0 amide bonds. The van der Waals surface area contributed by atoms with Crippen molar-refractivity contribution in [2.45, 2.75) is 52.7 Å². The Morgan fingerprint density at radius 3 is 1.50 bits per heavy atom. The Kier molecular flexibility index (Phi) is 10.8. The summed E-state index contributed by atoms with van der Waals surface area (Å²) in [7, 11) is 0. The average molecular weight is 262 g/mol. The minimum Gasteiger partial charge on any atom is -0.432 e. The first-order valence-corrected chi connectivity index (χ1v) is 6.70. The van der Waals surface area contributed by atoms with E-state index in [0.29, 0.717) is 13.2 Å². The fraction of sp³-hybridized carbons (Fsp3) is 0.923. The van der Waals surface area contributed by atoms with Crippen LogP contribution in [0.2, 0.25) is 0 Å². The molecule has 0 aliphatic heterocycles. The fourth-order valence-corrected chi connectivity index (χ4v) is 1.40. The van der Waals surface area contributed by atoms with Gasteiger partial charge in [-0.25, -0.2) is 4.79 Å². The van der Waals surface area contributed by atoms with Crippen molar-refractivity contribution in [2.24, 2.45) is 0 Å². The number of hydrogen-bond acceptors (Lipinski definition) is 5. The van der Waals surface area contributed by atoms with Crippen LogP contribution in [0.15, 0.2) is 0 Å². The van der Waals surface area contributed by atoms with Gasteiger partial charge in [0.1, 0.15) is 13.2 Å². The molecule has 5 heteroatoms. The lowest BCUT2D eigenvalue weighted by Crippen LogP contribution is -2.25. The van der Waals surface area contributed by atoms with E-state index in [2.05, 4.69) is 0 Å². The third kappa shape index (κ3) is 8.31. The van der Waals surface area contributed by atoms with Crippen LogP contribution < -0.4 is 0 Å². The van der Waals surface area contributed by atoms with E-state index in [1.165, 1.54) is 0 Å². The average Bonchev–Trinajstić information content (AvgIpc) is 2.39. The molecule has 0 aliphatic carbocycles. The van der Waals surface area contributed by atoms with Gasteiger partial charge in [-0.15, -0.1) is 0 Å². The topological polar surface area (TPSA) is 54.0 Å². The summed E-state index contributed by atoms with van der Waals surface area (Å²) in [5, 5.41) is 0. The molecule has 0 spiro atoms. The lowest BCUT2D eigenvalue weighted by molar-refractivity contribution is -0.0357. The molecular weight excluding hydrogens is 236 g/mol. The van der Waals surface area contributed by atoms with E-state index in [4.69, 9.17) is 18.9 Å². The second kappa shape index (κ2) is 11.3. The minimum atomic E-state index is -0.661. The normalized spacial score (nSPS) is 14.0. The number of ether oxygens (including phenoxy) is 4. The van der Waals surface area contributed by atoms with E-state index < -0.39 is 6.16 Å². The van der Waals surface area contributed by atoms with Gasteiger partial charge in [0.15, 0.2) is 0 Å².